The second-order valence-corrected chi connectivity index (χ2v) is 6.72. The Labute approximate surface area is 150 Å². The summed E-state index contributed by atoms with van der Waals surface area (Å²) in [5, 5.41) is 7.34. The minimum atomic E-state index is -0.375. The number of rotatable bonds is 4. The van der Waals surface area contributed by atoms with E-state index in [0.29, 0.717) is 22.0 Å². The van der Waals surface area contributed by atoms with Gasteiger partial charge in [-0.25, -0.2) is 0 Å². The number of benzene rings is 1. The van der Waals surface area contributed by atoms with Crippen LogP contribution in [0.4, 0.5) is 5.69 Å². The molecule has 2 amide bonds. The highest BCUT2D eigenvalue weighted by Gasteiger charge is 2.23. The first-order valence-electron chi connectivity index (χ1n) is 7.16. The van der Waals surface area contributed by atoms with E-state index in [1.807, 2.05) is 12.3 Å². The summed E-state index contributed by atoms with van der Waals surface area (Å²) in [5.41, 5.74) is 1.64. The minimum Gasteiger partial charge on any atom is -0.343 e. The van der Waals surface area contributed by atoms with Crippen molar-refractivity contribution in [2.45, 2.75) is 11.8 Å². The van der Waals surface area contributed by atoms with Crippen molar-refractivity contribution in [2.24, 2.45) is 7.05 Å². The smallest absolute Gasteiger partial charge is 0.276 e. The van der Waals surface area contributed by atoms with Crippen LogP contribution in [0, 0.1) is 6.92 Å². The number of thioether (sulfide) groups is 1. The molecular formula is C16H19ClN4O2S. The van der Waals surface area contributed by atoms with Crippen molar-refractivity contribution >= 4 is 40.9 Å². The molecule has 128 valence electrons. The molecule has 2 aromatic rings. The molecule has 8 heteroatoms. The number of hydrogen-bond acceptors (Lipinski definition) is 4. The SMILES string of the molecule is CSc1ccc(Cl)c(C(=O)Nc2c(C(=O)N(C)C)nn(C)c2C)c1. The average molecular weight is 367 g/mol. The molecule has 0 unspecified atom stereocenters. The van der Waals surface area contributed by atoms with Crippen LogP contribution >= 0.6 is 23.4 Å². The number of aromatic nitrogens is 2. The molecule has 0 radical (unpaired) electrons. The Kier molecular flexibility index (Phi) is 5.56. The summed E-state index contributed by atoms with van der Waals surface area (Å²) in [6, 6.07) is 5.26. The Hall–Kier alpha value is -1.99. The molecule has 0 fully saturated rings. The molecule has 1 aromatic carbocycles. The van der Waals surface area contributed by atoms with Crippen molar-refractivity contribution in [1.29, 1.82) is 0 Å². The van der Waals surface area contributed by atoms with E-state index in [-0.39, 0.29) is 17.5 Å². The lowest BCUT2D eigenvalue weighted by Gasteiger charge is -2.11. The van der Waals surface area contributed by atoms with Crippen LogP contribution in [-0.2, 0) is 7.05 Å². The molecule has 1 N–H and O–H groups in total. The molecule has 0 aliphatic carbocycles. The third kappa shape index (κ3) is 3.57. The zero-order valence-electron chi connectivity index (χ0n) is 14.2. The quantitative estimate of drug-likeness (QED) is 0.844. The summed E-state index contributed by atoms with van der Waals surface area (Å²) in [6.45, 7) is 1.79. The van der Waals surface area contributed by atoms with E-state index in [1.54, 1.807) is 44.9 Å². The lowest BCUT2D eigenvalue weighted by molar-refractivity contribution is 0.0822. The number of halogens is 1. The molecule has 0 saturated heterocycles. The molecule has 6 nitrogen and oxygen atoms in total. The highest BCUT2D eigenvalue weighted by molar-refractivity contribution is 7.98. The topological polar surface area (TPSA) is 67.2 Å². The van der Waals surface area contributed by atoms with E-state index >= 15 is 0 Å². The second kappa shape index (κ2) is 7.27. The van der Waals surface area contributed by atoms with Crippen molar-refractivity contribution in [1.82, 2.24) is 14.7 Å². The third-order valence-electron chi connectivity index (χ3n) is 3.60. The molecule has 1 aromatic heterocycles. The van der Waals surface area contributed by atoms with Crippen molar-refractivity contribution in [3.05, 3.63) is 40.2 Å². The van der Waals surface area contributed by atoms with Gasteiger partial charge in [-0.2, -0.15) is 5.10 Å². The molecule has 1 heterocycles. The number of carbonyl (C=O) groups is 2. The van der Waals surface area contributed by atoms with Gasteiger partial charge in [-0.1, -0.05) is 11.6 Å². The van der Waals surface area contributed by atoms with Crippen LogP contribution in [0.2, 0.25) is 5.02 Å². The number of amides is 2. The summed E-state index contributed by atoms with van der Waals surface area (Å²) in [4.78, 5) is 27.3. The van der Waals surface area contributed by atoms with Crippen LogP contribution in [0.25, 0.3) is 0 Å². The lowest BCUT2D eigenvalue weighted by Crippen LogP contribution is -2.24. The van der Waals surface area contributed by atoms with Gasteiger partial charge in [0.25, 0.3) is 11.8 Å². The number of nitrogens with one attached hydrogen (secondary N) is 1. The van der Waals surface area contributed by atoms with Gasteiger partial charge in [0, 0.05) is 26.0 Å². The molecule has 0 atom stereocenters. The molecule has 0 bridgehead atoms. The minimum absolute atomic E-state index is 0.200. The van der Waals surface area contributed by atoms with Crippen LogP contribution in [0.15, 0.2) is 23.1 Å². The molecule has 0 aliphatic heterocycles. The summed E-state index contributed by atoms with van der Waals surface area (Å²) in [7, 11) is 4.99. The first-order valence-corrected chi connectivity index (χ1v) is 8.76. The van der Waals surface area contributed by atoms with Gasteiger partial charge in [0.05, 0.1) is 22.0 Å². The average Bonchev–Trinajstić information content (AvgIpc) is 2.82. The van der Waals surface area contributed by atoms with Crippen LogP contribution in [0.1, 0.15) is 26.5 Å². The van der Waals surface area contributed by atoms with Crippen LogP contribution in [0.5, 0.6) is 0 Å². The van der Waals surface area contributed by atoms with Gasteiger partial charge in [0.1, 0.15) is 0 Å². The fourth-order valence-electron chi connectivity index (χ4n) is 2.11. The summed E-state index contributed by atoms with van der Waals surface area (Å²) in [5.74, 6) is -0.655. The van der Waals surface area contributed by atoms with E-state index in [9.17, 15) is 9.59 Å². The van der Waals surface area contributed by atoms with E-state index in [4.69, 9.17) is 11.6 Å². The molecule has 0 spiro atoms. The predicted molar refractivity (Wildman–Crippen MR) is 97.1 cm³/mol. The van der Waals surface area contributed by atoms with Crippen LogP contribution < -0.4 is 5.32 Å². The van der Waals surface area contributed by atoms with Crippen LogP contribution in [0.3, 0.4) is 0 Å². The van der Waals surface area contributed by atoms with E-state index < -0.39 is 0 Å². The monoisotopic (exact) mass is 366 g/mol. The predicted octanol–water partition coefficient (Wildman–Crippen LogP) is 3.06. The van der Waals surface area contributed by atoms with Crippen molar-refractivity contribution in [2.75, 3.05) is 25.7 Å². The molecular weight excluding hydrogens is 348 g/mol. The summed E-state index contributed by atoms with van der Waals surface area (Å²) < 4.78 is 1.56. The van der Waals surface area contributed by atoms with E-state index in [0.717, 1.165) is 4.90 Å². The fourth-order valence-corrected chi connectivity index (χ4v) is 2.75. The first kappa shape index (κ1) is 18.4. The Morgan fingerprint density at radius 3 is 2.58 bits per heavy atom. The lowest BCUT2D eigenvalue weighted by atomic mass is 10.2. The van der Waals surface area contributed by atoms with E-state index in [2.05, 4.69) is 10.4 Å². The number of aryl methyl sites for hydroxylation is 1. The zero-order valence-corrected chi connectivity index (χ0v) is 15.7. The molecule has 0 aliphatic rings. The summed E-state index contributed by atoms with van der Waals surface area (Å²) in [6.07, 6.45) is 1.92. The standard InChI is InChI=1S/C16H19ClN4O2S/c1-9-13(14(19-21(9)4)16(23)20(2)3)18-15(22)11-8-10(24-5)6-7-12(11)17/h6-8H,1-5H3,(H,18,22). The van der Waals surface area contributed by atoms with Gasteiger partial charge in [-0.3, -0.25) is 14.3 Å². The largest absolute Gasteiger partial charge is 0.343 e. The number of nitrogens with zero attached hydrogens (tertiary/aromatic N) is 3. The Morgan fingerprint density at radius 1 is 1.33 bits per heavy atom. The maximum absolute atomic E-state index is 12.6. The maximum atomic E-state index is 12.6. The zero-order chi connectivity index (χ0) is 18.0. The maximum Gasteiger partial charge on any atom is 0.276 e. The Balaban J connectivity index is 2.41. The second-order valence-electron chi connectivity index (χ2n) is 5.43. The van der Waals surface area contributed by atoms with Gasteiger partial charge >= 0.3 is 0 Å². The Morgan fingerprint density at radius 2 is 2.00 bits per heavy atom. The number of hydrogen-bond donors (Lipinski definition) is 1. The fraction of sp³-hybridized carbons (Fsp3) is 0.312. The Bertz CT molecular complexity index is 802. The number of carbonyl (C=O) groups excluding carboxylic acids is 2. The highest BCUT2D eigenvalue weighted by Crippen LogP contribution is 2.26. The number of anilines is 1. The first-order chi connectivity index (χ1) is 11.3. The molecule has 2 rings (SSSR count). The van der Waals surface area contributed by atoms with Gasteiger partial charge < -0.3 is 10.2 Å². The summed E-state index contributed by atoms with van der Waals surface area (Å²) >= 11 is 7.66. The normalized spacial score (nSPS) is 10.6. The van der Waals surface area contributed by atoms with Gasteiger partial charge in [0.15, 0.2) is 5.69 Å². The molecule has 24 heavy (non-hydrogen) atoms. The van der Waals surface area contributed by atoms with Gasteiger partial charge in [-0.05, 0) is 31.4 Å². The van der Waals surface area contributed by atoms with Gasteiger partial charge in [-0.15, -0.1) is 11.8 Å². The van der Waals surface area contributed by atoms with E-state index in [1.165, 1.54) is 16.7 Å². The molecule has 0 saturated carbocycles. The van der Waals surface area contributed by atoms with Crippen molar-refractivity contribution < 1.29 is 9.59 Å². The van der Waals surface area contributed by atoms with Crippen molar-refractivity contribution in [3.8, 4) is 0 Å². The highest BCUT2D eigenvalue weighted by atomic mass is 35.5. The third-order valence-corrected chi connectivity index (χ3v) is 4.65. The van der Waals surface area contributed by atoms with Crippen LogP contribution in [-0.4, -0.2) is 46.8 Å². The van der Waals surface area contributed by atoms with Gasteiger partial charge in [0.2, 0.25) is 0 Å². The van der Waals surface area contributed by atoms with Crippen molar-refractivity contribution in [3.63, 3.8) is 0 Å².